The van der Waals surface area contributed by atoms with Crippen molar-refractivity contribution in [3.05, 3.63) is 0 Å². The van der Waals surface area contributed by atoms with Crippen LogP contribution >= 0.6 is 0 Å². The zero-order valence-electron chi connectivity index (χ0n) is 5.40. The molecule has 0 unspecified atom stereocenters. The van der Waals surface area contributed by atoms with Crippen molar-refractivity contribution in [2.75, 3.05) is 0 Å². The van der Waals surface area contributed by atoms with E-state index in [4.69, 9.17) is 0 Å². The van der Waals surface area contributed by atoms with Crippen LogP contribution in [-0.2, 0) is 4.79 Å². The maximum atomic E-state index is 9.95. The third kappa shape index (κ3) is 0.908. The van der Waals surface area contributed by atoms with Crippen LogP contribution < -0.4 is 0 Å². The third-order valence-corrected chi connectivity index (χ3v) is 1.76. The van der Waals surface area contributed by atoms with Crippen LogP contribution in [0.3, 0.4) is 0 Å². The number of hydrogen-bond donors (Lipinski definition) is 0. The molecule has 0 heterocycles. The van der Waals surface area contributed by atoms with Crippen LogP contribution in [0, 0.1) is 11.3 Å². The van der Waals surface area contributed by atoms with Crippen molar-refractivity contribution >= 4 is 6.29 Å². The number of rotatable bonds is 1. The van der Waals surface area contributed by atoms with Crippen molar-refractivity contribution in [3.8, 4) is 0 Å². The predicted octanol–water partition coefficient (Wildman–Crippen LogP) is 1.53. The zero-order valence-corrected chi connectivity index (χ0v) is 5.40. The molecule has 45 valence electrons. The summed E-state index contributed by atoms with van der Waals surface area (Å²) in [6, 6.07) is 0. The van der Waals surface area contributed by atoms with Crippen LogP contribution in [0.2, 0.25) is 0 Å². The largest absolute Gasteiger partial charge is 0.291 e. The van der Waals surface area contributed by atoms with Gasteiger partial charge in [-0.2, -0.15) is 0 Å². The van der Waals surface area contributed by atoms with Gasteiger partial charge in [-0.1, -0.05) is 13.8 Å². The minimum atomic E-state index is 0.255. The molecule has 0 atom stereocenters. The lowest BCUT2D eigenvalue weighted by Gasteiger charge is -2.38. The summed E-state index contributed by atoms with van der Waals surface area (Å²) in [6.07, 6.45) is 4.08. The van der Waals surface area contributed by atoms with Gasteiger partial charge in [0.2, 0.25) is 6.29 Å². The summed E-state index contributed by atoms with van der Waals surface area (Å²) < 4.78 is 0. The number of carbonyl (C=O) groups excluding carboxylic acids is 1. The first-order valence-electron chi connectivity index (χ1n) is 3.02. The molecule has 0 spiro atoms. The van der Waals surface area contributed by atoms with Crippen LogP contribution in [0.1, 0.15) is 26.7 Å². The molecule has 0 saturated heterocycles. The Hall–Kier alpha value is -0.330. The highest BCUT2D eigenvalue weighted by atomic mass is 16.1. The van der Waals surface area contributed by atoms with Gasteiger partial charge in [0.25, 0.3) is 0 Å². The van der Waals surface area contributed by atoms with Crippen molar-refractivity contribution < 1.29 is 4.79 Å². The van der Waals surface area contributed by atoms with Gasteiger partial charge >= 0.3 is 0 Å². The van der Waals surface area contributed by atoms with Crippen LogP contribution in [0.5, 0.6) is 0 Å². The molecule has 1 aliphatic carbocycles. The Bertz CT molecular complexity index is 97.0. The predicted molar refractivity (Wildman–Crippen MR) is 32.2 cm³/mol. The van der Waals surface area contributed by atoms with E-state index in [0.717, 1.165) is 12.8 Å². The summed E-state index contributed by atoms with van der Waals surface area (Å²) in [6.45, 7) is 4.36. The first-order valence-corrected chi connectivity index (χ1v) is 3.02. The summed E-state index contributed by atoms with van der Waals surface area (Å²) in [5.41, 5.74) is 0.433. The lowest BCUT2D eigenvalue weighted by Crippen LogP contribution is -2.32. The van der Waals surface area contributed by atoms with Crippen molar-refractivity contribution in [2.45, 2.75) is 26.7 Å². The van der Waals surface area contributed by atoms with Gasteiger partial charge in [0, 0.05) is 5.92 Å². The maximum absolute atomic E-state index is 9.95. The van der Waals surface area contributed by atoms with Gasteiger partial charge in [0.05, 0.1) is 0 Å². The minimum Gasteiger partial charge on any atom is -0.291 e. The fourth-order valence-electron chi connectivity index (χ4n) is 1.36. The molecular formula is C7H11O. The van der Waals surface area contributed by atoms with Gasteiger partial charge < -0.3 is 0 Å². The Morgan fingerprint density at radius 1 is 1.50 bits per heavy atom. The van der Waals surface area contributed by atoms with Gasteiger partial charge in [0.1, 0.15) is 0 Å². The van der Waals surface area contributed by atoms with Gasteiger partial charge in [0.15, 0.2) is 0 Å². The molecule has 0 amide bonds. The normalized spacial score (nSPS) is 26.8. The van der Waals surface area contributed by atoms with Crippen LogP contribution in [0.4, 0.5) is 0 Å². The molecule has 0 aromatic heterocycles. The fraction of sp³-hybridized carbons (Fsp3) is 0.857. The lowest BCUT2D eigenvalue weighted by atomic mass is 9.65. The van der Waals surface area contributed by atoms with Crippen molar-refractivity contribution in [2.24, 2.45) is 11.3 Å². The second-order valence-corrected chi connectivity index (χ2v) is 3.39. The molecule has 0 aromatic carbocycles. The minimum absolute atomic E-state index is 0.255. The Labute approximate surface area is 50.1 Å². The van der Waals surface area contributed by atoms with Crippen LogP contribution in [-0.4, -0.2) is 6.29 Å². The topological polar surface area (TPSA) is 17.1 Å². The van der Waals surface area contributed by atoms with E-state index in [-0.39, 0.29) is 5.92 Å². The summed E-state index contributed by atoms with van der Waals surface area (Å²) in [7, 11) is 0. The molecule has 1 rings (SSSR count). The van der Waals surface area contributed by atoms with E-state index in [9.17, 15) is 4.79 Å². The van der Waals surface area contributed by atoms with E-state index in [2.05, 4.69) is 13.8 Å². The SMILES string of the molecule is CC1(C)CC([C]=O)C1. The van der Waals surface area contributed by atoms with Crippen LogP contribution in [0.15, 0.2) is 0 Å². The Kier molecular flexibility index (Phi) is 1.14. The Morgan fingerprint density at radius 3 is 2.12 bits per heavy atom. The molecule has 1 nitrogen and oxygen atoms in total. The Morgan fingerprint density at radius 2 is 2.00 bits per heavy atom. The van der Waals surface area contributed by atoms with Crippen molar-refractivity contribution in [3.63, 3.8) is 0 Å². The fourth-order valence-corrected chi connectivity index (χ4v) is 1.36. The van der Waals surface area contributed by atoms with E-state index < -0.39 is 0 Å². The van der Waals surface area contributed by atoms with Gasteiger partial charge in [-0.05, 0) is 18.3 Å². The first-order chi connectivity index (χ1) is 3.64. The molecular weight excluding hydrogens is 100 g/mol. The molecule has 1 saturated carbocycles. The third-order valence-electron chi connectivity index (χ3n) is 1.76. The van der Waals surface area contributed by atoms with E-state index in [1.807, 2.05) is 6.29 Å². The molecule has 0 bridgehead atoms. The maximum Gasteiger partial charge on any atom is 0.201 e. The van der Waals surface area contributed by atoms with Gasteiger partial charge in [-0.3, -0.25) is 4.79 Å². The zero-order chi connectivity index (χ0) is 6.20. The van der Waals surface area contributed by atoms with Crippen LogP contribution in [0.25, 0.3) is 0 Å². The summed E-state index contributed by atoms with van der Waals surface area (Å²) in [4.78, 5) is 9.95. The average molecular weight is 111 g/mol. The molecule has 0 aliphatic heterocycles. The monoisotopic (exact) mass is 111 g/mol. The summed E-state index contributed by atoms with van der Waals surface area (Å²) in [5, 5.41) is 0. The smallest absolute Gasteiger partial charge is 0.201 e. The van der Waals surface area contributed by atoms with E-state index in [1.165, 1.54) is 0 Å². The van der Waals surface area contributed by atoms with Gasteiger partial charge in [-0.15, -0.1) is 0 Å². The summed E-state index contributed by atoms with van der Waals surface area (Å²) >= 11 is 0. The van der Waals surface area contributed by atoms with Gasteiger partial charge in [-0.25, -0.2) is 0 Å². The van der Waals surface area contributed by atoms with E-state index >= 15 is 0 Å². The molecule has 8 heavy (non-hydrogen) atoms. The molecule has 0 aromatic rings. The summed E-state index contributed by atoms with van der Waals surface area (Å²) in [5.74, 6) is 0.255. The first kappa shape index (κ1) is 5.80. The highest BCUT2D eigenvalue weighted by molar-refractivity contribution is 5.56. The Balaban J connectivity index is 2.31. The standard InChI is InChI=1S/C7H11O/c1-7(2)3-6(4-7)5-8/h6H,3-4H2,1-2H3. The number of hydrogen-bond acceptors (Lipinski definition) is 1. The second-order valence-electron chi connectivity index (χ2n) is 3.39. The lowest BCUT2D eigenvalue weighted by molar-refractivity contribution is 0.141. The van der Waals surface area contributed by atoms with Crippen molar-refractivity contribution in [1.29, 1.82) is 0 Å². The average Bonchev–Trinajstić information content (AvgIpc) is 1.60. The van der Waals surface area contributed by atoms with Crippen molar-refractivity contribution in [1.82, 2.24) is 0 Å². The second kappa shape index (κ2) is 1.57. The quantitative estimate of drug-likeness (QED) is 0.501. The van der Waals surface area contributed by atoms with E-state index in [0.29, 0.717) is 5.41 Å². The highest BCUT2D eigenvalue weighted by Gasteiger charge is 2.35. The molecule has 0 N–H and O–H groups in total. The molecule has 1 radical (unpaired) electrons. The molecule has 1 fully saturated rings. The molecule has 1 heteroatoms. The highest BCUT2D eigenvalue weighted by Crippen LogP contribution is 2.43. The molecule has 1 aliphatic rings. The van der Waals surface area contributed by atoms with E-state index in [1.54, 1.807) is 0 Å².